The lowest BCUT2D eigenvalue weighted by Crippen LogP contribution is -2.26. The summed E-state index contributed by atoms with van der Waals surface area (Å²) < 4.78 is 32.7. The zero-order valence-corrected chi connectivity index (χ0v) is 13.2. The van der Waals surface area contributed by atoms with Gasteiger partial charge in [0.25, 0.3) is 0 Å². The van der Waals surface area contributed by atoms with Crippen LogP contribution in [0.25, 0.3) is 0 Å². The lowest BCUT2D eigenvalue weighted by atomic mass is 9.99. The highest BCUT2D eigenvalue weighted by molar-refractivity contribution is 9.10. The molecule has 0 radical (unpaired) electrons. The van der Waals surface area contributed by atoms with Crippen molar-refractivity contribution in [2.75, 3.05) is 7.11 Å². The average Bonchev–Trinajstić information content (AvgIpc) is 2.42. The highest BCUT2D eigenvalue weighted by Crippen LogP contribution is 2.24. The highest BCUT2D eigenvalue weighted by Gasteiger charge is 2.13. The van der Waals surface area contributed by atoms with Crippen molar-refractivity contribution in [3.8, 4) is 5.75 Å². The van der Waals surface area contributed by atoms with Crippen molar-refractivity contribution in [2.24, 2.45) is 5.73 Å². The summed E-state index contributed by atoms with van der Waals surface area (Å²) in [5, 5.41) is 0. The lowest BCUT2D eigenvalue weighted by molar-refractivity contribution is 0.407. The largest absolute Gasteiger partial charge is 0.496 e. The van der Waals surface area contributed by atoms with Crippen LogP contribution in [-0.2, 0) is 12.8 Å². The molecule has 2 aromatic rings. The number of halogens is 3. The van der Waals surface area contributed by atoms with Gasteiger partial charge in [0, 0.05) is 16.6 Å². The van der Waals surface area contributed by atoms with Crippen molar-refractivity contribution in [1.82, 2.24) is 0 Å². The number of benzene rings is 2. The van der Waals surface area contributed by atoms with E-state index in [-0.39, 0.29) is 6.04 Å². The third-order valence-electron chi connectivity index (χ3n) is 3.22. The van der Waals surface area contributed by atoms with E-state index in [2.05, 4.69) is 15.9 Å². The van der Waals surface area contributed by atoms with Gasteiger partial charge in [0.15, 0.2) is 0 Å². The van der Waals surface area contributed by atoms with Crippen molar-refractivity contribution in [3.63, 3.8) is 0 Å². The quantitative estimate of drug-likeness (QED) is 0.883. The Morgan fingerprint density at radius 2 is 1.81 bits per heavy atom. The molecule has 0 saturated heterocycles. The highest BCUT2D eigenvalue weighted by atomic mass is 79.9. The molecule has 0 aliphatic rings. The Hall–Kier alpha value is -1.46. The van der Waals surface area contributed by atoms with Crippen molar-refractivity contribution in [3.05, 3.63) is 63.6 Å². The smallest absolute Gasteiger partial charge is 0.129 e. The third-order valence-corrected chi connectivity index (χ3v) is 3.72. The number of hydrogen-bond donors (Lipinski definition) is 1. The summed E-state index contributed by atoms with van der Waals surface area (Å²) in [5.41, 5.74) is 7.45. The number of nitrogens with two attached hydrogens (primary N) is 1. The minimum absolute atomic E-state index is 0.284. The molecule has 0 amide bonds. The van der Waals surface area contributed by atoms with Gasteiger partial charge in [0.05, 0.1) is 7.11 Å². The molecule has 21 heavy (non-hydrogen) atoms. The van der Waals surface area contributed by atoms with E-state index in [4.69, 9.17) is 10.5 Å². The van der Waals surface area contributed by atoms with Crippen LogP contribution >= 0.6 is 15.9 Å². The van der Waals surface area contributed by atoms with Crippen LogP contribution in [0.2, 0.25) is 0 Å². The van der Waals surface area contributed by atoms with Crippen molar-refractivity contribution >= 4 is 15.9 Å². The maximum absolute atomic E-state index is 13.6. The molecule has 2 rings (SSSR count). The SMILES string of the molecule is COc1ccc(Br)cc1CC(N)Cc1ccc(F)cc1F. The van der Waals surface area contributed by atoms with Gasteiger partial charge in [0.2, 0.25) is 0 Å². The first-order valence-electron chi connectivity index (χ1n) is 6.51. The van der Waals surface area contributed by atoms with Gasteiger partial charge in [-0.15, -0.1) is 0 Å². The molecule has 0 bridgehead atoms. The van der Waals surface area contributed by atoms with E-state index in [0.717, 1.165) is 21.9 Å². The molecule has 2 nitrogen and oxygen atoms in total. The Morgan fingerprint density at radius 1 is 1.10 bits per heavy atom. The first-order valence-corrected chi connectivity index (χ1v) is 7.31. The predicted molar refractivity (Wildman–Crippen MR) is 82.4 cm³/mol. The minimum atomic E-state index is -0.585. The van der Waals surface area contributed by atoms with Crippen LogP contribution in [0.15, 0.2) is 40.9 Å². The van der Waals surface area contributed by atoms with Crippen molar-refractivity contribution in [1.29, 1.82) is 0 Å². The average molecular weight is 356 g/mol. The monoisotopic (exact) mass is 355 g/mol. The Labute approximate surface area is 131 Å². The van der Waals surface area contributed by atoms with Crippen LogP contribution in [-0.4, -0.2) is 13.2 Å². The molecule has 2 aromatic carbocycles. The lowest BCUT2D eigenvalue weighted by Gasteiger charge is -2.15. The van der Waals surface area contributed by atoms with Crippen LogP contribution in [0, 0.1) is 11.6 Å². The van der Waals surface area contributed by atoms with E-state index >= 15 is 0 Å². The maximum Gasteiger partial charge on any atom is 0.129 e. The molecule has 0 heterocycles. The van der Waals surface area contributed by atoms with E-state index in [0.29, 0.717) is 18.4 Å². The number of rotatable bonds is 5. The van der Waals surface area contributed by atoms with E-state index in [1.807, 2.05) is 18.2 Å². The van der Waals surface area contributed by atoms with Crippen LogP contribution in [0.1, 0.15) is 11.1 Å². The topological polar surface area (TPSA) is 35.2 Å². The number of hydrogen-bond acceptors (Lipinski definition) is 2. The fourth-order valence-corrected chi connectivity index (χ4v) is 2.64. The molecule has 1 atom stereocenters. The first kappa shape index (κ1) is 15.9. The van der Waals surface area contributed by atoms with Gasteiger partial charge in [0.1, 0.15) is 17.4 Å². The number of methoxy groups -OCH3 is 1. The fourth-order valence-electron chi connectivity index (χ4n) is 2.23. The zero-order valence-electron chi connectivity index (χ0n) is 11.6. The molecule has 0 aliphatic carbocycles. The van der Waals surface area contributed by atoms with Gasteiger partial charge in [-0.3, -0.25) is 0 Å². The van der Waals surface area contributed by atoms with E-state index in [1.54, 1.807) is 7.11 Å². The molecule has 2 N–H and O–H groups in total. The first-order chi connectivity index (χ1) is 9.99. The van der Waals surface area contributed by atoms with Gasteiger partial charge >= 0.3 is 0 Å². The Morgan fingerprint density at radius 3 is 2.48 bits per heavy atom. The van der Waals surface area contributed by atoms with Gasteiger partial charge in [-0.2, -0.15) is 0 Å². The molecular weight excluding hydrogens is 340 g/mol. The molecule has 0 saturated carbocycles. The number of ether oxygens (including phenoxy) is 1. The van der Waals surface area contributed by atoms with E-state index in [1.165, 1.54) is 12.1 Å². The van der Waals surface area contributed by atoms with Gasteiger partial charge < -0.3 is 10.5 Å². The van der Waals surface area contributed by atoms with Crippen LogP contribution in [0.3, 0.4) is 0 Å². The predicted octanol–water partition coefficient (Wildman–Crippen LogP) is 3.85. The molecule has 0 aliphatic heterocycles. The molecule has 0 aromatic heterocycles. The summed E-state index contributed by atoms with van der Waals surface area (Å²) in [7, 11) is 1.60. The normalized spacial score (nSPS) is 12.2. The van der Waals surface area contributed by atoms with E-state index < -0.39 is 11.6 Å². The molecule has 0 spiro atoms. The van der Waals surface area contributed by atoms with Crippen LogP contribution < -0.4 is 10.5 Å². The molecule has 0 fully saturated rings. The summed E-state index contributed by atoms with van der Waals surface area (Å²) in [4.78, 5) is 0. The second kappa shape index (κ2) is 7.00. The summed E-state index contributed by atoms with van der Waals surface area (Å²) >= 11 is 3.40. The Bertz CT molecular complexity index is 634. The second-order valence-electron chi connectivity index (χ2n) is 4.86. The van der Waals surface area contributed by atoms with Crippen molar-refractivity contribution < 1.29 is 13.5 Å². The molecule has 5 heteroatoms. The zero-order chi connectivity index (χ0) is 15.4. The van der Waals surface area contributed by atoms with Crippen LogP contribution in [0.4, 0.5) is 8.78 Å². The summed E-state index contributed by atoms with van der Waals surface area (Å²) in [5.74, 6) is -0.404. The minimum Gasteiger partial charge on any atom is -0.496 e. The molecule has 1 unspecified atom stereocenters. The third kappa shape index (κ3) is 4.25. The summed E-state index contributed by atoms with van der Waals surface area (Å²) in [6.07, 6.45) is 0.876. The fraction of sp³-hybridized carbons (Fsp3) is 0.250. The summed E-state index contributed by atoms with van der Waals surface area (Å²) in [6, 6.07) is 8.93. The standard InChI is InChI=1S/C16H16BrF2NO/c1-21-16-5-3-12(17)6-11(16)8-14(20)7-10-2-4-13(18)9-15(10)19/h2-6,9,14H,7-8,20H2,1H3. The maximum atomic E-state index is 13.6. The van der Waals surface area contributed by atoms with Crippen LogP contribution in [0.5, 0.6) is 5.75 Å². The Balaban J connectivity index is 2.11. The molecule has 112 valence electrons. The summed E-state index contributed by atoms with van der Waals surface area (Å²) in [6.45, 7) is 0. The van der Waals surface area contributed by atoms with Gasteiger partial charge in [-0.25, -0.2) is 8.78 Å². The second-order valence-corrected chi connectivity index (χ2v) is 5.78. The van der Waals surface area contributed by atoms with Gasteiger partial charge in [-0.1, -0.05) is 22.0 Å². The van der Waals surface area contributed by atoms with Gasteiger partial charge in [-0.05, 0) is 48.2 Å². The van der Waals surface area contributed by atoms with Crippen molar-refractivity contribution in [2.45, 2.75) is 18.9 Å². The molecular formula is C16H16BrF2NO. The Kier molecular flexibility index (Phi) is 5.31. The van der Waals surface area contributed by atoms with E-state index in [9.17, 15) is 8.78 Å².